The smallest absolute Gasteiger partial charge is 0.450 e. The normalized spacial score (nSPS) is 18.7. The van der Waals surface area contributed by atoms with Crippen molar-refractivity contribution >= 4 is 39.6 Å². The standard InChI is InChI=1S/C23H22ClF3N2O5S/c1-2-33-22(30)29-10-7-14(8-11-29)20-17-6-5-16(24)12-15(17)13-19(18-4-3-9-28-21(18)20)34-35(31,32)23(25,26)27/h3-6,9,12-14,20H,2,7-8,10-11H2,1H3. The van der Waals surface area contributed by atoms with E-state index in [1.54, 1.807) is 30.0 Å². The van der Waals surface area contributed by atoms with Gasteiger partial charge in [-0.05, 0) is 67.2 Å². The molecule has 0 radical (unpaired) electrons. The number of fused-ring (bicyclic) bond motifs is 2. The maximum atomic E-state index is 13.1. The number of carbonyl (C=O) groups excluding carboxylic acids is 1. The molecule has 4 rings (SSSR count). The molecule has 0 N–H and O–H groups in total. The van der Waals surface area contributed by atoms with Crippen LogP contribution >= 0.6 is 11.6 Å². The number of nitrogens with zero attached hydrogens (tertiary/aromatic N) is 2. The summed E-state index contributed by atoms with van der Waals surface area (Å²) in [5.74, 6) is -0.921. The molecule has 1 unspecified atom stereocenters. The molecule has 1 atom stereocenters. The van der Waals surface area contributed by atoms with Gasteiger partial charge in [0.25, 0.3) is 0 Å². The highest BCUT2D eigenvalue weighted by molar-refractivity contribution is 7.87. The Balaban J connectivity index is 1.78. The Morgan fingerprint density at radius 2 is 1.94 bits per heavy atom. The van der Waals surface area contributed by atoms with E-state index >= 15 is 0 Å². The molecule has 0 spiro atoms. The van der Waals surface area contributed by atoms with Crippen molar-refractivity contribution in [1.29, 1.82) is 0 Å². The van der Waals surface area contributed by atoms with Crippen molar-refractivity contribution in [2.75, 3.05) is 19.7 Å². The lowest BCUT2D eigenvalue weighted by molar-refractivity contribution is -0.0509. The third kappa shape index (κ3) is 5.11. The van der Waals surface area contributed by atoms with Crippen LogP contribution in [-0.2, 0) is 19.0 Å². The predicted molar refractivity (Wildman–Crippen MR) is 123 cm³/mol. The van der Waals surface area contributed by atoms with E-state index < -0.39 is 33.4 Å². The van der Waals surface area contributed by atoms with E-state index in [4.69, 9.17) is 16.3 Å². The number of rotatable bonds is 4. The van der Waals surface area contributed by atoms with Crippen molar-refractivity contribution < 1.29 is 35.3 Å². The fourth-order valence-corrected chi connectivity index (χ4v) is 5.18. The van der Waals surface area contributed by atoms with Crippen molar-refractivity contribution in [3.8, 4) is 0 Å². The average molecular weight is 531 g/mol. The number of ether oxygens (including phenoxy) is 1. The van der Waals surface area contributed by atoms with Gasteiger partial charge in [-0.2, -0.15) is 21.6 Å². The molecule has 1 aliphatic carbocycles. The van der Waals surface area contributed by atoms with Gasteiger partial charge in [-0.25, -0.2) is 4.79 Å². The minimum atomic E-state index is -5.92. The zero-order chi connectivity index (χ0) is 25.4. The Labute approximate surface area is 205 Å². The number of likely N-dealkylation sites (tertiary alicyclic amines) is 1. The van der Waals surface area contributed by atoms with Gasteiger partial charge in [0.1, 0.15) is 0 Å². The first-order chi connectivity index (χ1) is 16.5. The van der Waals surface area contributed by atoms with Gasteiger partial charge in [0.05, 0.1) is 12.3 Å². The van der Waals surface area contributed by atoms with Gasteiger partial charge in [-0.1, -0.05) is 17.7 Å². The lowest BCUT2D eigenvalue weighted by Gasteiger charge is -2.36. The summed E-state index contributed by atoms with van der Waals surface area (Å²) < 4.78 is 72.8. The van der Waals surface area contributed by atoms with Crippen LogP contribution in [0.15, 0.2) is 36.5 Å². The molecular formula is C23H22ClF3N2O5S. The van der Waals surface area contributed by atoms with E-state index in [-0.39, 0.29) is 18.1 Å². The maximum absolute atomic E-state index is 13.1. The molecule has 1 aromatic heterocycles. The summed E-state index contributed by atoms with van der Waals surface area (Å²) in [7, 11) is -5.92. The van der Waals surface area contributed by atoms with Gasteiger partial charge in [-0.3, -0.25) is 4.98 Å². The van der Waals surface area contributed by atoms with Crippen LogP contribution in [0.2, 0.25) is 5.02 Å². The lowest BCUT2D eigenvalue weighted by atomic mass is 9.76. The Morgan fingerprint density at radius 3 is 2.60 bits per heavy atom. The summed E-state index contributed by atoms with van der Waals surface area (Å²) in [4.78, 5) is 18.2. The molecule has 188 valence electrons. The van der Waals surface area contributed by atoms with E-state index in [0.717, 1.165) is 5.56 Å². The van der Waals surface area contributed by atoms with Crippen LogP contribution in [0.3, 0.4) is 0 Å². The number of pyridine rings is 1. The Hall–Kier alpha value is -2.79. The number of aromatic nitrogens is 1. The van der Waals surface area contributed by atoms with Crippen LogP contribution in [0.5, 0.6) is 0 Å². The number of hydrogen-bond donors (Lipinski definition) is 0. The largest absolute Gasteiger partial charge is 0.534 e. The Bertz CT molecular complexity index is 1260. The third-order valence-corrected chi connectivity index (χ3v) is 7.29. The fraction of sp³-hybridized carbons (Fsp3) is 0.391. The van der Waals surface area contributed by atoms with Crippen LogP contribution in [0.1, 0.15) is 48.1 Å². The number of carbonyl (C=O) groups is 1. The number of piperidine rings is 1. The monoisotopic (exact) mass is 530 g/mol. The summed E-state index contributed by atoms with van der Waals surface area (Å²) in [5.41, 5.74) is -3.90. The Kier molecular flexibility index (Phi) is 7.01. The fourth-order valence-electron chi connectivity index (χ4n) is 4.54. The number of alkyl halides is 3. The molecule has 2 heterocycles. The zero-order valence-electron chi connectivity index (χ0n) is 18.6. The summed E-state index contributed by atoms with van der Waals surface area (Å²) in [6.07, 6.45) is 3.51. The molecule has 35 heavy (non-hydrogen) atoms. The summed E-state index contributed by atoms with van der Waals surface area (Å²) in [6, 6.07) is 7.95. The predicted octanol–water partition coefficient (Wildman–Crippen LogP) is 5.41. The van der Waals surface area contributed by atoms with Crippen LogP contribution in [-0.4, -0.2) is 49.6 Å². The van der Waals surface area contributed by atoms with Gasteiger partial charge in [0.15, 0.2) is 5.76 Å². The molecular weight excluding hydrogens is 509 g/mol. The van der Waals surface area contributed by atoms with Gasteiger partial charge >= 0.3 is 21.7 Å². The van der Waals surface area contributed by atoms with Gasteiger partial charge in [0.2, 0.25) is 0 Å². The second kappa shape index (κ2) is 9.69. The van der Waals surface area contributed by atoms with Gasteiger partial charge in [0, 0.05) is 35.8 Å². The zero-order valence-corrected chi connectivity index (χ0v) is 20.2. The molecule has 12 heteroatoms. The van der Waals surface area contributed by atoms with Crippen molar-refractivity contribution in [2.45, 2.75) is 31.2 Å². The summed E-state index contributed by atoms with van der Waals surface area (Å²) in [6.45, 7) is 2.86. The SMILES string of the molecule is CCOC(=O)N1CCC(C2c3ccc(Cl)cc3C=C(OS(=O)(=O)C(F)(F)F)c3cccnc32)CC1. The number of halogens is 4. The van der Waals surface area contributed by atoms with Crippen LogP contribution in [0.4, 0.5) is 18.0 Å². The first kappa shape index (κ1) is 25.3. The minimum absolute atomic E-state index is 0.0405. The van der Waals surface area contributed by atoms with E-state index in [1.807, 2.05) is 0 Å². The van der Waals surface area contributed by atoms with Crippen LogP contribution in [0.25, 0.3) is 11.8 Å². The highest BCUT2D eigenvalue weighted by atomic mass is 35.5. The summed E-state index contributed by atoms with van der Waals surface area (Å²) >= 11 is 6.17. The molecule has 0 bridgehead atoms. The number of benzene rings is 1. The van der Waals surface area contributed by atoms with Crippen LogP contribution < -0.4 is 0 Å². The second-order valence-electron chi connectivity index (χ2n) is 8.20. The van der Waals surface area contributed by atoms with E-state index in [0.29, 0.717) is 42.2 Å². The Morgan fingerprint density at radius 1 is 1.23 bits per heavy atom. The average Bonchev–Trinajstić information content (AvgIpc) is 2.92. The molecule has 7 nitrogen and oxygen atoms in total. The molecule has 1 saturated heterocycles. The van der Waals surface area contributed by atoms with E-state index in [2.05, 4.69) is 9.17 Å². The van der Waals surface area contributed by atoms with Crippen molar-refractivity contribution in [2.24, 2.45) is 5.92 Å². The highest BCUT2D eigenvalue weighted by Gasteiger charge is 2.49. The highest BCUT2D eigenvalue weighted by Crippen LogP contribution is 2.45. The number of hydrogen-bond acceptors (Lipinski definition) is 6. The second-order valence-corrected chi connectivity index (χ2v) is 10.2. The van der Waals surface area contributed by atoms with Crippen molar-refractivity contribution in [1.82, 2.24) is 9.88 Å². The van der Waals surface area contributed by atoms with Crippen molar-refractivity contribution in [3.05, 3.63) is 63.9 Å². The van der Waals surface area contributed by atoms with Gasteiger partial charge in [-0.15, -0.1) is 0 Å². The molecule has 0 saturated carbocycles. The first-order valence-electron chi connectivity index (χ1n) is 10.9. The van der Waals surface area contributed by atoms with Crippen LogP contribution in [0, 0.1) is 5.92 Å². The summed E-state index contributed by atoms with van der Waals surface area (Å²) in [5, 5.41) is 0.327. The third-order valence-electron chi connectivity index (χ3n) is 6.09. The lowest BCUT2D eigenvalue weighted by Crippen LogP contribution is -2.40. The molecule has 1 aromatic carbocycles. The molecule has 2 aliphatic rings. The number of amides is 1. The van der Waals surface area contributed by atoms with E-state index in [9.17, 15) is 26.4 Å². The molecule has 1 aliphatic heterocycles. The minimum Gasteiger partial charge on any atom is -0.450 e. The quantitative estimate of drug-likeness (QED) is 0.388. The first-order valence-corrected chi connectivity index (χ1v) is 12.7. The molecule has 1 amide bonds. The molecule has 2 aromatic rings. The topological polar surface area (TPSA) is 85.8 Å². The van der Waals surface area contributed by atoms with E-state index in [1.165, 1.54) is 24.4 Å². The van der Waals surface area contributed by atoms with Crippen molar-refractivity contribution in [3.63, 3.8) is 0 Å². The maximum Gasteiger partial charge on any atom is 0.534 e. The van der Waals surface area contributed by atoms with Gasteiger partial charge < -0.3 is 13.8 Å². The molecule has 1 fully saturated rings.